The summed E-state index contributed by atoms with van der Waals surface area (Å²) in [5, 5.41) is 12.1. The van der Waals surface area contributed by atoms with Crippen molar-refractivity contribution in [3.8, 4) is 0 Å². The largest absolute Gasteiger partial charge is 0.370 e. The van der Waals surface area contributed by atoms with Gasteiger partial charge < -0.3 is 21.3 Å². The Labute approximate surface area is 171 Å². The molecule has 0 saturated carbocycles. The van der Waals surface area contributed by atoms with Crippen LogP contribution < -0.4 is 21.3 Å². The van der Waals surface area contributed by atoms with Crippen LogP contribution >= 0.6 is 0 Å². The highest BCUT2D eigenvalue weighted by Gasteiger charge is 2.06. The molecule has 2 amide bonds. The molecule has 0 aliphatic carbocycles. The minimum atomic E-state index is -0.281. The zero-order valence-corrected chi connectivity index (χ0v) is 17.1. The number of aromatic nitrogens is 2. The third kappa shape index (κ3) is 5.68. The first-order valence-electron chi connectivity index (χ1n) is 9.55. The molecule has 0 saturated heterocycles. The van der Waals surface area contributed by atoms with Crippen LogP contribution in [0.15, 0.2) is 48.5 Å². The molecule has 0 spiro atoms. The third-order valence-corrected chi connectivity index (χ3v) is 4.25. The van der Waals surface area contributed by atoms with Crippen LogP contribution in [-0.4, -0.2) is 22.5 Å². The molecule has 3 rings (SSSR count). The highest BCUT2D eigenvalue weighted by atomic mass is 16.2. The van der Waals surface area contributed by atoms with E-state index in [2.05, 4.69) is 31.2 Å². The molecule has 7 nitrogen and oxygen atoms in total. The first kappa shape index (κ1) is 20.1. The average molecular weight is 390 g/mol. The number of hydrogen-bond acceptors (Lipinski definition) is 5. The number of hydrogen-bond donors (Lipinski definition) is 4. The minimum absolute atomic E-state index is 0.281. The van der Waals surface area contributed by atoms with Crippen LogP contribution in [0.1, 0.15) is 23.7 Å². The number of carbonyl (C=O) groups is 1. The van der Waals surface area contributed by atoms with Gasteiger partial charge in [-0.15, -0.1) is 0 Å². The number of nitrogens with zero attached hydrogens (tertiary/aromatic N) is 2. The number of anilines is 5. The van der Waals surface area contributed by atoms with Crippen molar-refractivity contribution in [2.75, 3.05) is 27.8 Å². The summed E-state index contributed by atoms with van der Waals surface area (Å²) >= 11 is 0. The Kier molecular flexibility index (Phi) is 6.29. The maximum Gasteiger partial charge on any atom is 0.323 e. The summed E-state index contributed by atoms with van der Waals surface area (Å²) in [5.41, 5.74) is 5.31. The lowest BCUT2D eigenvalue weighted by molar-refractivity contribution is 0.262. The van der Waals surface area contributed by atoms with Crippen molar-refractivity contribution in [2.24, 2.45) is 0 Å². The molecular weight excluding hydrogens is 364 g/mol. The molecule has 0 bridgehead atoms. The molecule has 3 aromatic rings. The SMILES string of the molecule is CCNc1cc(C)nc(Nc2ccc(NC(=O)Nc3cc(C)ccc3C)cc2)n1. The van der Waals surface area contributed by atoms with Crippen molar-refractivity contribution in [3.05, 3.63) is 65.4 Å². The second-order valence-electron chi connectivity index (χ2n) is 6.85. The van der Waals surface area contributed by atoms with Crippen molar-refractivity contribution >= 4 is 34.9 Å². The van der Waals surface area contributed by atoms with Crippen molar-refractivity contribution in [2.45, 2.75) is 27.7 Å². The molecule has 0 unspecified atom stereocenters. The van der Waals surface area contributed by atoms with E-state index in [9.17, 15) is 4.79 Å². The first-order chi connectivity index (χ1) is 13.9. The fraction of sp³-hybridized carbons (Fsp3) is 0.227. The van der Waals surface area contributed by atoms with Gasteiger partial charge in [-0.25, -0.2) is 9.78 Å². The van der Waals surface area contributed by atoms with Crippen molar-refractivity contribution in [1.82, 2.24) is 9.97 Å². The molecule has 0 radical (unpaired) electrons. The Morgan fingerprint density at radius 3 is 2.34 bits per heavy atom. The van der Waals surface area contributed by atoms with Gasteiger partial charge >= 0.3 is 6.03 Å². The number of aryl methyl sites for hydroxylation is 3. The van der Waals surface area contributed by atoms with Crippen molar-refractivity contribution < 1.29 is 4.79 Å². The molecule has 150 valence electrons. The Balaban J connectivity index is 1.63. The van der Waals surface area contributed by atoms with Gasteiger partial charge in [0.2, 0.25) is 5.95 Å². The van der Waals surface area contributed by atoms with Crippen molar-refractivity contribution in [3.63, 3.8) is 0 Å². The molecule has 2 aromatic carbocycles. The Morgan fingerprint density at radius 2 is 1.62 bits per heavy atom. The molecule has 0 atom stereocenters. The normalized spacial score (nSPS) is 10.3. The number of nitrogens with one attached hydrogen (secondary N) is 4. The van der Waals surface area contributed by atoms with Gasteiger partial charge in [0.15, 0.2) is 0 Å². The standard InChI is InChI=1S/C22H26N6O/c1-5-23-20-13-16(4)24-21(28-20)25-17-8-10-18(11-9-17)26-22(29)27-19-12-14(2)6-7-15(19)3/h6-13H,5H2,1-4H3,(H2,26,27,29)(H2,23,24,25,28). The summed E-state index contributed by atoms with van der Waals surface area (Å²) in [6, 6.07) is 15.0. The van der Waals surface area contributed by atoms with E-state index in [1.165, 1.54) is 0 Å². The smallest absolute Gasteiger partial charge is 0.323 e. The zero-order valence-electron chi connectivity index (χ0n) is 17.1. The monoisotopic (exact) mass is 390 g/mol. The number of amides is 2. The van der Waals surface area contributed by atoms with Gasteiger partial charge in [0, 0.05) is 35.4 Å². The van der Waals surface area contributed by atoms with Gasteiger partial charge in [-0.3, -0.25) is 0 Å². The molecular formula is C22H26N6O. The Bertz CT molecular complexity index is 1000. The Morgan fingerprint density at radius 1 is 0.897 bits per heavy atom. The van der Waals surface area contributed by atoms with Gasteiger partial charge in [-0.2, -0.15) is 4.98 Å². The Hall–Kier alpha value is -3.61. The molecule has 0 aliphatic heterocycles. The van der Waals surface area contributed by atoms with Crippen LogP contribution in [0, 0.1) is 20.8 Å². The van der Waals surface area contributed by atoms with Crippen LogP contribution in [0.3, 0.4) is 0 Å². The van der Waals surface area contributed by atoms with Gasteiger partial charge in [-0.05, 0) is 69.2 Å². The molecule has 0 fully saturated rings. The summed E-state index contributed by atoms with van der Waals surface area (Å²) in [7, 11) is 0. The molecule has 7 heteroatoms. The summed E-state index contributed by atoms with van der Waals surface area (Å²) < 4.78 is 0. The second-order valence-corrected chi connectivity index (χ2v) is 6.85. The van der Waals surface area contributed by atoms with Gasteiger partial charge in [0.1, 0.15) is 5.82 Å². The van der Waals surface area contributed by atoms with Crippen molar-refractivity contribution in [1.29, 1.82) is 0 Å². The number of benzene rings is 2. The number of rotatable bonds is 6. The van der Waals surface area contributed by atoms with E-state index in [1.807, 2.05) is 76.2 Å². The van der Waals surface area contributed by atoms with Crippen LogP contribution in [0.5, 0.6) is 0 Å². The first-order valence-corrected chi connectivity index (χ1v) is 9.55. The number of carbonyl (C=O) groups excluding carboxylic acids is 1. The van der Waals surface area contributed by atoms with E-state index in [0.717, 1.165) is 40.6 Å². The maximum atomic E-state index is 12.3. The van der Waals surface area contributed by atoms with Crippen LogP contribution in [0.25, 0.3) is 0 Å². The highest BCUT2D eigenvalue weighted by molar-refractivity contribution is 6.00. The lowest BCUT2D eigenvalue weighted by atomic mass is 10.1. The average Bonchev–Trinajstić information content (AvgIpc) is 2.66. The van der Waals surface area contributed by atoms with E-state index < -0.39 is 0 Å². The summed E-state index contributed by atoms with van der Waals surface area (Å²) in [4.78, 5) is 21.1. The van der Waals surface area contributed by atoms with Crippen LogP contribution in [0.4, 0.5) is 33.6 Å². The predicted molar refractivity (Wildman–Crippen MR) is 119 cm³/mol. The zero-order chi connectivity index (χ0) is 20.8. The van der Waals surface area contributed by atoms with E-state index >= 15 is 0 Å². The van der Waals surface area contributed by atoms with E-state index in [1.54, 1.807) is 0 Å². The minimum Gasteiger partial charge on any atom is -0.370 e. The van der Waals surface area contributed by atoms with Crippen LogP contribution in [-0.2, 0) is 0 Å². The fourth-order valence-corrected chi connectivity index (χ4v) is 2.82. The maximum absolute atomic E-state index is 12.3. The third-order valence-electron chi connectivity index (χ3n) is 4.25. The van der Waals surface area contributed by atoms with E-state index in [4.69, 9.17) is 0 Å². The van der Waals surface area contributed by atoms with Crippen LogP contribution in [0.2, 0.25) is 0 Å². The van der Waals surface area contributed by atoms with Gasteiger partial charge in [0.25, 0.3) is 0 Å². The summed E-state index contributed by atoms with van der Waals surface area (Å²) in [6.45, 7) is 8.69. The quantitative estimate of drug-likeness (QED) is 0.463. The summed E-state index contributed by atoms with van der Waals surface area (Å²) in [5.74, 6) is 1.30. The van der Waals surface area contributed by atoms with E-state index in [-0.39, 0.29) is 6.03 Å². The molecule has 0 aliphatic rings. The lowest BCUT2D eigenvalue weighted by Crippen LogP contribution is -2.20. The molecule has 1 heterocycles. The number of urea groups is 1. The molecule has 29 heavy (non-hydrogen) atoms. The highest BCUT2D eigenvalue weighted by Crippen LogP contribution is 2.20. The van der Waals surface area contributed by atoms with E-state index in [0.29, 0.717) is 11.6 Å². The molecule has 1 aromatic heterocycles. The fourth-order valence-electron chi connectivity index (χ4n) is 2.82. The summed E-state index contributed by atoms with van der Waals surface area (Å²) in [6.07, 6.45) is 0. The topological polar surface area (TPSA) is 91.0 Å². The van der Waals surface area contributed by atoms with Gasteiger partial charge in [-0.1, -0.05) is 12.1 Å². The van der Waals surface area contributed by atoms with Gasteiger partial charge in [0.05, 0.1) is 0 Å². The second kappa shape index (κ2) is 9.05. The predicted octanol–water partition coefficient (Wildman–Crippen LogP) is 5.22. The molecule has 4 N–H and O–H groups in total. The lowest BCUT2D eigenvalue weighted by Gasteiger charge is -2.12.